The average molecular weight is 751 g/mol. The second kappa shape index (κ2) is 28.1. The molecule has 54 heavy (non-hydrogen) atoms. The summed E-state index contributed by atoms with van der Waals surface area (Å²) in [7, 11) is 0. The van der Waals surface area contributed by atoms with E-state index < -0.39 is 23.9 Å². The molecular weight excluding hydrogens is 673 g/mol. The van der Waals surface area contributed by atoms with Crippen molar-refractivity contribution < 1.29 is 19.2 Å². The van der Waals surface area contributed by atoms with Crippen LogP contribution in [0.4, 0.5) is 0 Å². The Morgan fingerprint density at radius 2 is 0.907 bits per heavy atom. The fourth-order valence-electron chi connectivity index (χ4n) is 7.75. The molecule has 0 radical (unpaired) electrons. The number of primary amides is 2. The van der Waals surface area contributed by atoms with E-state index >= 15 is 0 Å². The van der Waals surface area contributed by atoms with Gasteiger partial charge >= 0.3 is 0 Å². The SMILES string of the molecule is CCCCC(CC)CN(C(=O)C=Cc1cccc(C=CC(=O)N(CC(CC)CCCC)C(C(N)=O)C(CC)CCCC)c1)C(C(N)=O)C(CC)CCCC. The van der Waals surface area contributed by atoms with Crippen LogP contribution in [0.2, 0.25) is 0 Å². The van der Waals surface area contributed by atoms with E-state index in [0.29, 0.717) is 13.1 Å². The Bertz CT molecular complexity index is 1200. The molecular formula is C46H78N4O4. The Balaban J connectivity index is 3.49. The Morgan fingerprint density at radius 1 is 0.556 bits per heavy atom. The molecule has 0 aliphatic rings. The summed E-state index contributed by atoms with van der Waals surface area (Å²) < 4.78 is 0. The fourth-order valence-corrected chi connectivity index (χ4v) is 7.75. The first-order chi connectivity index (χ1) is 26.0. The topological polar surface area (TPSA) is 127 Å². The predicted octanol–water partition coefficient (Wildman–Crippen LogP) is 9.94. The first-order valence-electron chi connectivity index (χ1n) is 21.6. The van der Waals surface area contributed by atoms with Gasteiger partial charge in [0.2, 0.25) is 23.6 Å². The molecule has 6 unspecified atom stereocenters. The molecule has 1 aromatic carbocycles. The minimum Gasteiger partial charge on any atom is -0.368 e. The largest absolute Gasteiger partial charge is 0.368 e. The van der Waals surface area contributed by atoms with Crippen LogP contribution >= 0.6 is 0 Å². The monoisotopic (exact) mass is 751 g/mol. The highest BCUT2D eigenvalue weighted by Crippen LogP contribution is 2.27. The normalized spacial score (nSPS) is 15.1. The molecule has 0 heterocycles. The molecule has 0 fully saturated rings. The Kier molecular flexibility index (Phi) is 25.3. The molecule has 8 nitrogen and oxygen atoms in total. The van der Waals surface area contributed by atoms with Gasteiger partial charge in [0.05, 0.1) is 0 Å². The molecule has 0 aromatic heterocycles. The van der Waals surface area contributed by atoms with Gasteiger partial charge in [-0.3, -0.25) is 19.2 Å². The first-order valence-corrected chi connectivity index (χ1v) is 21.6. The summed E-state index contributed by atoms with van der Waals surface area (Å²) >= 11 is 0. The van der Waals surface area contributed by atoms with Crippen molar-refractivity contribution in [2.24, 2.45) is 35.1 Å². The van der Waals surface area contributed by atoms with Crippen LogP contribution in [0.15, 0.2) is 36.4 Å². The summed E-state index contributed by atoms with van der Waals surface area (Å²) in [5.74, 6) is -0.743. The zero-order valence-electron chi connectivity index (χ0n) is 35.5. The van der Waals surface area contributed by atoms with Crippen molar-refractivity contribution in [3.63, 3.8) is 0 Å². The van der Waals surface area contributed by atoms with Crippen LogP contribution in [-0.2, 0) is 19.2 Å². The molecule has 1 aromatic rings. The van der Waals surface area contributed by atoms with Crippen molar-refractivity contribution in [2.45, 2.75) is 170 Å². The van der Waals surface area contributed by atoms with Gasteiger partial charge < -0.3 is 21.3 Å². The predicted molar refractivity (Wildman–Crippen MR) is 227 cm³/mol. The van der Waals surface area contributed by atoms with E-state index in [0.717, 1.165) is 114 Å². The first kappa shape index (κ1) is 48.6. The zero-order chi connectivity index (χ0) is 40.5. The molecule has 0 saturated carbocycles. The van der Waals surface area contributed by atoms with Crippen LogP contribution in [-0.4, -0.2) is 58.6 Å². The number of amides is 4. The lowest BCUT2D eigenvalue weighted by molar-refractivity contribution is -0.138. The van der Waals surface area contributed by atoms with E-state index in [-0.39, 0.29) is 35.5 Å². The number of nitrogens with zero attached hydrogens (tertiary/aromatic N) is 2. The fraction of sp³-hybridized carbons (Fsp3) is 0.696. The number of hydrogen-bond donors (Lipinski definition) is 2. The highest BCUT2D eigenvalue weighted by molar-refractivity contribution is 5.96. The number of carbonyl (C=O) groups is 4. The summed E-state index contributed by atoms with van der Waals surface area (Å²) in [5, 5.41) is 0. The van der Waals surface area contributed by atoms with Gasteiger partial charge in [-0.2, -0.15) is 0 Å². The maximum absolute atomic E-state index is 14.0. The van der Waals surface area contributed by atoms with E-state index in [1.54, 1.807) is 34.1 Å². The maximum Gasteiger partial charge on any atom is 0.247 e. The second-order valence-corrected chi connectivity index (χ2v) is 15.5. The van der Waals surface area contributed by atoms with Gasteiger partial charge in [-0.1, -0.05) is 151 Å². The number of benzene rings is 1. The van der Waals surface area contributed by atoms with Gasteiger partial charge in [-0.15, -0.1) is 0 Å². The Hall–Kier alpha value is -3.42. The molecule has 4 amide bonds. The highest BCUT2D eigenvalue weighted by atomic mass is 16.2. The molecule has 1 rings (SSSR count). The number of unbranched alkanes of at least 4 members (excludes halogenated alkanes) is 4. The van der Waals surface area contributed by atoms with Crippen LogP contribution in [0.3, 0.4) is 0 Å². The zero-order valence-corrected chi connectivity index (χ0v) is 35.5. The molecule has 0 aliphatic heterocycles. The quantitative estimate of drug-likeness (QED) is 0.0759. The Labute approximate surface area is 329 Å². The van der Waals surface area contributed by atoms with Gasteiger partial charge in [-0.05, 0) is 78.7 Å². The van der Waals surface area contributed by atoms with E-state index in [1.165, 1.54) is 0 Å². The minimum atomic E-state index is -0.662. The van der Waals surface area contributed by atoms with Gasteiger partial charge in [0.1, 0.15) is 12.1 Å². The molecule has 0 aliphatic carbocycles. The van der Waals surface area contributed by atoms with Crippen molar-refractivity contribution >= 4 is 35.8 Å². The Morgan fingerprint density at radius 3 is 1.20 bits per heavy atom. The van der Waals surface area contributed by atoms with Crippen LogP contribution in [0.5, 0.6) is 0 Å². The number of nitrogens with two attached hydrogens (primary N) is 2. The smallest absolute Gasteiger partial charge is 0.247 e. The summed E-state index contributed by atoms with van der Waals surface area (Å²) in [6, 6.07) is 6.33. The van der Waals surface area contributed by atoms with Crippen molar-refractivity contribution in [1.29, 1.82) is 0 Å². The van der Waals surface area contributed by atoms with Crippen LogP contribution in [0.1, 0.15) is 169 Å². The lowest BCUT2D eigenvalue weighted by Crippen LogP contribution is -2.53. The lowest BCUT2D eigenvalue weighted by atomic mass is 9.88. The lowest BCUT2D eigenvalue weighted by Gasteiger charge is -2.36. The van der Waals surface area contributed by atoms with E-state index in [9.17, 15) is 19.2 Å². The second-order valence-electron chi connectivity index (χ2n) is 15.5. The highest BCUT2D eigenvalue weighted by Gasteiger charge is 2.35. The summed E-state index contributed by atoms with van der Waals surface area (Å²) in [6.45, 7) is 18.0. The van der Waals surface area contributed by atoms with E-state index in [4.69, 9.17) is 11.5 Å². The third-order valence-corrected chi connectivity index (χ3v) is 11.4. The van der Waals surface area contributed by atoms with Crippen molar-refractivity contribution in [3.05, 3.63) is 47.5 Å². The molecule has 8 heteroatoms. The standard InChI is InChI=1S/C46H78N4O4/c1-9-17-22-35(13-5)33-49(43(45(47)53)39(15-7)26-19-11-3)41(51)30-28-37-24-21-25-38(32-37)29-31-42(52)50(34-36(14-6)23-18-10-2)44(46(48)54)40(16-8)27-20-12-4/h21,24-25,28-32,35-36,39-40,43-44H,9-20,22-23,26-27,33-34H2,1-8H3,(H2,47,53)(H2,48,54). The number of hydrogen-bond acceptors (Lipinski definition) is 4. The summed E-state index contributed by atoms with van der Waals surface area (Å²) in [5.41, 5.74) is 13.7. The van der Waals surface area contributed by atoms with Gasteiger partial charge in [0.15, 0.2) is 0 Å². The average Bonchev–Trinajstić information content (AvgIpc) is 3.17. The maximum atomic E-state index is 14.0. The summed E-state index contributed by atoms with van der Waals surface area (Å²) in [6.07, 6.45) is 22.0. The molecule has 0 bridgehead atoms. The van der Waals surface area contributed by atoms with Gasteiger partial charge in [0, 0.05) is 25.2 Å². The molecule has 6 atom stereocenters. The third-order valence-electron chi connectivity index (χ3n) is 11.4. The molecule has 0 saturated heterocycles. The minimum absolute atomic E-state index is 0.00158. The van der Waals surface area contributed by atoms with Gasteiger partial charge in [0.25, 0.3) is 0 Å². The van der Waals surface area contributed by atoms with E-state index in [1.807, 2.05) is 24.3 Å². The number of rotatable bonds is 30. The van der Waals surface area contributed by atoms with Crippen LogP contribution < -0.4 is 11.5 Å². The van der Waals surface area contributed by atoms with Crippen LogP contribution in [0.25, 0.3) is 12.2 Å². The number of carbonyl (C=O) groups excluding carboxylic acids is 4. The molecule has 4 N–H and O–H groups in total. The van der Waals surface area contributed by atoms with Crippen LogP contribution in [0, 0.1) is 23.7 Å². The van der Waals surface area contributed by atoms with Crippen molar-refractivity contribution in [2.75, 3.05) is 13.1 Å². The van der Waals surface area contributed by atoms with Crippen molar-refractivity contribution in [3.8, 4) is 0 Å². The molecule has 0 spiro atoms. The van der Waals surface area contributed by atoms with E-state index in [2.05, 4.69) is 55.4 Å². The van der Waals surface area contributed by atoms with Crippen molar-refractivity contribution in [1.82, 2.24) is 9.80 Å². The molecule has 306 valence electrons. The third kappa shape index (κ3) is 16.9. The van der Waals surface area contributed by atoms with Gasteiger partial charge in [-0.25, -0.2) is 0 Å². The summed E-state index contributed by atoms with van der Waals surface area (Å²) in [4.78, 5) is 57.6.